The first kappa shape index (κ1) is 15.7. The van der Waals surface area contributed by atoms with Crippen LogP contribution in [-0.4, -0.2) is 27.1 Å². The number of aromatic nitrogens is 3. The highest BCUT2D eigenvalue weighted by Gasteiger charge is 2.23. The average Bonchev–Trinajstić information content (AvgIpc) is 2.97. The van der Waals surface area contributed by atoms with E-state index in [0.29, 0.717) is 5.69 Å². The van der Waals surface area contributed by atoms with Crippen molar-refractivity contribution in [2.75, 3.05) is 0 Å². The summed E-state index contributed by atoms with van der Waals surface area (Å²) in [4.78, 5) is 12.3. The molecule has 5 heteroatoms. The maximum Gasteiger partial charge on any atom is 0.361 e. The van der Waals surface area contributed by atoms with Gasteiger partial charge in [0.25, 0.3) is 0 Å². The monoisotopic (exact) mass is 313 g/mol. The molecule has 1 aromatic carbocycles. The molecule has 1 aliphatic rings. The van der Waals surface area contributed by atoms with Crippen molar-refractivity contribution in [2.24, 2.45) is 0 Å². The van der Waals surface area contributed by atoms with Crippen LogP contribution in [0, 0.1) is 6.92 Å². The van der Waals surface area contributed by atoms with Gasteiger partial charge < -0.3 is 4.74 Å². The van der Waals surface area contributed by atoms with Crippen molar-refractivity contribution in [2.45, 2.75) is 58.5 Å². The lowest BCUT2D eigenvalue weighted by molar-refractivity contribution is 0.0203. The highest BCUT2D eigenvalue weighted by Crippen LogP contribution is 2.22. The summed E-state index contributed by atoms with van der Waals surface area (Å²) in [6.07, 6.45) is 6.44. The van der Waals surface area contributed by atoms with Crippen LogP contribution in [0.25, 0.3) is 5.69 Å². The third-order valence-corrected chi connectivity index (χ3v) is 4.50. The lowest BCUT2D eigenvalue weighted by Crippen LogP contribution is -2.21. The molecular weight excluding hydrogens is 290 g/mol. The Bertz CT molecular complexity index is 670. The SMILES string of the molecule is CCc1ccc(-n2nnc(C(=O)OC3CCCCC3)c2C)cc1. The van der Waals surface area contributed by atoms with E-state index >= 15 is 0 Å². The van der Waals surface area contributed by atoms with Crippen molar-refractivity contribution in [1.82, 2.24) is 15.0 Å². The van der Waals surface area contributed by atoms with Crippen LogP contribution in [0.2, 0.25) is 0 Å². The zero-order valence-corrected chi connectivity index (χ0v) is 13.8. The maximum absolute atomic E-state index is 12.3. The maximum atomic E-state index is 12.3. The molecule has 122 valence electrons. The summed E-state index contributed by atoms with van der Waals surface area (Å²) < 4.78 is 7.28. The van der Waals surface area contributed by atoms with Crippen molar-refractivity contribution in [3.05, 3.63) is 41.2 Å². The van der Waals surface area contributed by atoms with Gasteiger partial charge in [-0.1, -0.05) is 30.7 Å². The third-order valence-electron chi connectivity index (χ3n) is 4.50. The Morgan fingerprint density at radius 2 is 1.91 bits per heavy atom. The van der Waals surface area contributed by atoms with Gasteiger partial charge in [0.15, 0.2) is 5.69 Å². The number of nitrogens with zero attached hydrogens (tertiary/aromatic N) is 3. The van der Waals surface area contributed by atoms with Gasteiger partial charge in [-0.25, -0.2) is 9.48 Å². The molecule has 0 radical (unpaired) electrons. The molecule has 3 rings (SSSR count). The fourth-order valence-electron chi connectivity index (χ4n) is 3.03. The van der Waals surface area contributed by atoms with E-state index in [1.54, 1.807) is 4.68 Å². The number of hydrogen-bond donors (Lipinski definition) is 0. The fourth-order valence-corrected chi connectivity index (χ4v) is 3.03. The molecule has 5 nitrogen and oxygen atoms in total. The number of benzene rings is 1. The number of rotatable bonds is 4. The summed E-state index contributed by atoms with van der Waals surface area (Å²) in [5.74, 6) is -0.356. The van der Waals surface area contributed by atoms with E-state index in [1.807, 2.05) is 19.1 Å². The molecular formula is C18H23N3O2. The summed E-state index contributed by atoms with van der Waals surface area (Å²) >= 11 is 0. The quantitative estimate of drug-likeness (QED) is 0.809. The fraction of sp³-hybridized carbons (Fsp3) is 0.500. The molecule has 0 atom stereocenters. The predicted octanol–water partition coefficient (Wildman–Crippen LogP) is 3.63. The average molecular weight is 313 g/mol. The van der Waals surface area contributed by atoms with Crippen molar-refractivity contribution in [3.8, 4) is 5.69 Å². The molecule has 1 aromatic heterocycles. The molecule has 0 unspecified atom stereocenters. The molecule has 0 saturated heterocycles. The predicted molar refractivity (Wildman–Crippen MR) is 87.8 cm³/mol. The van der Waals surface area contributed by atoms with Gasteiger partial charge in [-0.15, -0.1) is 5.10 Å². The Balaban J connectivity index is 1.76. The van der Waals surface area contributed by atoms with Crippen molar-refractivity contribution < 1.29 is 9.53 Å². The molecule has 0 spiro atoms. The van der Waals surface area contributed by atoms with Crippen molar-refractivity contribution in [3.63, 3.8) is 0 Å². The molecule has 1 fully saturated rings. The van der Waals surface area contributed by atoms with E-state index in [-0.39, 0.29) is 12.1 Å². The first-order valence-electron chi connectivity index (χ1n) is 8.41. The van der Waals surface area contributed by atoms with Crippen LogP contribution in [0.1, 0.15) is 60.8 Å². The number of ether oxygens (including phenoxy) is 1. The first-order valence-corrected chi connectivity index (χ1v) is 8.41. The van der Waals surface area contributed by atoms with E-state index in [1.165, 1.54) is 12.0 Å². The van der Waals surface area contributed by atoms with Crippen LogP contribution in [0.5, 0.6) is 0 Å². The van der Waals surface area contributed by atoms with E-state index in [2.05, 4.69) is 29.4 Å². The van der Waals surface area contributed by atoms with Crippen LogP contribution in [0.3, 0.4) is 0 Å². The van der Waals surface area contributed by atoms with Crippen LogP contribution in [0.4, 0.5) is 0 Å². The van der Waals surface area contributed by atoms with Crippen LogP contribution in [-0.2, 0) is 11.2 Å². The lowest BCUT2D eigenvalue weighted by Gasteiger charge is -2.21. The first-order chi connectivity index (χ1) is 11.2. The molecule has 0 bridgehead atoms. The Labute approximate surface area is 136 Å². The van der Waals surface area contributed by atoms with Gasteiger partial charge in [-0.2, -0.15) is 0 Å². The molecule has 1 heterocycles. The van der Waals surface area contributed by atoms with E-state index in [0.717, 1.165) is 43.5 Å². The summed E-state index contributed by atoms with van der Waals surface area (Å²) in [5.41, 5.74) is 3.21. The number of esters is 1. The zero-order chi connectivity index (χ0) is 16.2. The Morgan fingerprint density at radius 1 is 1.22 bits per heavy atom. The molecule has 1 saturated carbocycles. The largest absolute Gasteiger partial charge is 0.458 e. The lowest BCUT2D eigenvalue weighted by atomic mass is 9.98. The van der Waals surface area contributed by atoms with E-state index < -0.39 is 0 Å². The number of hydrogen-bond acceptors (Lipinski definition) is 4. The minimum atomic E-state index is -0.356. The zero-order valence-electron chi connectivity index (χ0n) is 13.8. The number of carbonyl (C=O) groups excluding carboxylic acids is 1. The minimum absolute atomic E-state index is 0.0321. The van der Waals surface area contributed by atoms with Crippen molar-refractivity contribution in [1.29, 1.82) is 0 Å². The molecule has 23 heavy (non-hydrogen) atoms. The van der Waals surface area contributed by atoms with Gasteiger partial charge in [0.2, 0.25) is 0 Å². The van der Waals surface area contributed by atoms with E-state index in [4.69, 9.17) is 4.74 Å². The highest BCUT2D eigenvalue weighted by atomic mass is 16.5. The van der Waals surface area contributed by atoms with Gasteiger partial charge in [0.05, 0.1) is 11.4 Å². The normalized spacial score (nSPS) is 15.6. The smallest absolute Gasteiger partial charge is 0.361 e. The highest BCUT2D eigenvalue weighted by molar-refractivity contribution is 5.88. The van der Waals surface area contributed by atoms with Crippen LogP contribution >= 0.6 is 0 Å². The Kier molecular flexibility index (Phi) is 4.74. The standard InChI is InChI=1S/C18H23N3O2/c1-3-14-9-11-15(12-10-14)21-13(2)17(19-20-21)18(22)23-16-7-5-4-6-8-16/h9-12,16H,3-8H2,1-2H3. The Hall–Kier alpha value is -2.17. The molecule has 2 aromatic rings. The Morgan fingerprint density at radius 3 is 2.57 bits per heavy atom. The second-order valence-corrected chi connectivity index (χ2v) is 6.12. The molecule has 0 N–H and O–H groups in total. The van der Waals surface area contributed by atoms with Gasteiger partial charge in [-0.05, 0) is 56.7 Å². The second kappa shape index (κ2) is 6.94. The van der Waals surface area contributed by atoms with Crippen molar-refractivity contribution >= 4 is 5.97 Å². The molecule has 0 aliphatic heterocycles. The second-order valence-electron chi connectivity index (χ2n) is 6.12. The van der Waals surface area contributed by atoms with Gasteiger partial charge in [0.1, 0.15) is 6.10 Å². The number of carbonyl (C=O) groups is 1. The number of aryl methyl sites for hydroxylation is 1. The third kappa shape index (κ3) is 3.44. The van der Waals surface area contributed by atoms with Crippen LogP contribution < -0.4 is 0 Å². The summed E-state index contributed by atoms with van der Waals surface area (Å²) in [6.45, 7) is 3.97. The van der Waals surface area contributed by atoms with Gasteiger partial charge in [0, 0.05) is 0 Å². The van der Waals surface area contributed by atoms with Gasteiger partial charge in [-0.3, -0.25) is 0 Å². The molecule has 1 aliphatic carbocycles. The van der Waals surface area contributed by atoms with Crippen LogP contribution in [0.15, 0.2) is 24.3 Å². The van der Waals surface area contributed by atoms with E-state index in [9.17, 15) is 4.79 Å². The minimum Gasteiger partial charge on any atom is -0.458 e. The topological polar surface area (TPSA) is 57.0 Å². The van der Waals surface area contributed by atoms with Gasteiger partial charge >= 0.3 is 5.97 Å². The molecule has 0 amide bonds. The summed E-state index contributed by atoms with van der Waals surface area (Å²) in [6, 6.07) is 8.13. The summed E-state index contributed by atoms with van der Waals surface area (Å²) in [5, 5.41) is 8.16. The summed E-state index contributed by atoms with van der Waals surface area (Å²) in [7, 11) is 0.